The van der Waals surface area contributed by atoms with Crippen LogP contribution in [0, 0.1) is 0 Å². The van der Waals surface area contributed by atoms with E-state index in [-0.39, 0.29) is 17.1 Å². The van der Waals surface area contributed by atoms with Crippen molar-refractivity contribution >= 4 is 5.97 Å². The largest absolute Gasteiger partial charge is 0.481 e. The number of nitrogens with two attached hydrogens (primary N) is 1. The minimum absolute atomic E-state index is 0. The second-order valence-corrected chi connectivity index (χ2v) is 1.31. The third kappa shape index (κ3) is 312. The first-order valence-corrected chi connectivity index (χ1v) is 2.54. The molecule has 0 atom stereocenters. The van der Waals surface area contributed by atoms with Crippen molar-refractivity contribution in [3.05, 3.63) is 0 Å². The maximum absolute atomic E-state index is 9.00. The van der Waals surface area contributed by atoms with Crippen molar-refractivity contribution in [2.24, 2.45) is 5.73 Å². The molecular formula is C5H13CuNO2. The van der Waals surface area contributed by atoms with Gasteiger partial charge in [0.15, 0.2) is 0 Å². The van der Waals surface area contributed by atoms with Crippen molar-refractivity contribution in [2.75, 3.05) is 6.54 Å². The third-order valence-electron chi connectivity index (χ3n) is 0.289. The fourth-order valence-electron chi connectivity index (χ4n) is 0. The van der Waals surface area contributed by atoms with E-state index in [0.717, 1.165) is 19.9 Å². The van der Waals surface area contributed by atoms with Gasteiger partial charge in [-0.15, -0.1) is 0 Å². The van der Waals surface area contributed by atoms with Crippen LogP contribution in [-0.2, 0) is 21.9 Å². The van der Waals surface area contributed by atoms with Crippen LogP contribution in [0.4, 0.5) is 0 Å². The zero-order valence-corrected chi connectivity index (χ0v) is 6.59. The van der Waals surface area contributed by atoms with E-state index in [4.69, 9.17) is 15.6 Å². The Morgan fingerprint density at radius 1 is 1.67 bits per heavy atom. The zero-order valence-electron chi connectivity index (χ0n) is 5.65. The molecular weight excluding hydrogens is 170 g/mol. The number of aliphatic carboxylic acids is 1. The van der Waals surface area contributed by atoms with Gasteiger partial charge in [0.1, 0.15) is 0 Å². The van der Waals surface area contributed by atoms with E-state index in [0.29, 0.717) is 0 Å². The van der Waals surface area contributed by atoms with E-state index in [1.165, 1.54) is 0 Å². The van der Waals surface area contributed by atoms with Gasteiger partial charge in [-0.3, -0.25) is 4.79 Å². The van der Waals surface area contributed by atoms with Crippen LogP contribution in [0.2, 0.25) is 0 Å². The summed E-state index contributed by atoms with van der Waals surface area (Å²) in [6.45, 7) is 3.96. The van der Waals surface area contributed by atoms with Gasteiger partial charge >= 0.3 is 0 Å². The molecule has 0 saturated heterocycles. The average Bonchev–Trinajstić information content (AvgIpc) is 1.65. The Labute approximate surface area is 66.1 Å². The molecule has 4 heteroatoms. The van der Waals surface area contributed by atoms with Crippen LogP contribution in [0.5, 0.6) is 0 Å². The molecule has 0 saturated carbocycles. The van der Waals surface area contributed by atoms with Gasteiger partial charge in [0.2, 0.25) is 0 Å². The molecule has 0 spiro atoms. The molecule has 1 radical (unpaired) electrons. The van der Waals surface area contributed by atoms with Gasteiger partial charge in [-0.05, 0) is 13.0 Å². The second-order valence-electron chi connectivity index (χ2n) is 1.31. The third-order valence-corrected chi connectivity index (χ3v) is 0.289. The van der Waals surface area contributed by atoms with Gasteiger partial charge in [0.25, 0.3) is 5.97 Å². The van der Waals surface area contributed by atoms with Crippen molar-refractivity contribution in [1.82, 2.24) is 0 Å². The quantitative estimate of drug-likeness (QED) is 0.579. The first-order valence-electron chi connectivity index (χ1n) is 2.54. The molecule has 0 aliphatic heterocycles. The van der Waals surface area contributed by atoms with Crippen molar-refractivity contribution < 1.29 is 27.0 Å². The van der Waals surface area contributed by atoms with Crippen LogP contribution in [0.1, 0.15) is 20.3 Å². The van der Waals surface area contributed by atoms with Gasteiger partial charge in [0.05, 0.1) is 0 Å². The van der Waals surface area contributed by atoms with Crippen molar-refractivity contribution in [2.45, 2.75) is 20.3 Å². The Kier molecular flexibility index (Phi) is 27.8. The summed E-state index contributed by atoms with van der Waals surface area (Å²) < 4.78 is 0. The minimum Gasteiger partial charge on any atom is -0.481 e. The smallest absolute Gasteiger partial charge is 0.300 e. The molecule has 0 aromatic carbocycles. The maximum atomic E-state index is 9.00. The molecule has 0 unspecified atom stereocenters. The SMILES string of the molecule is CC(=O)O.CCCN.[Cu]. The van der Waals surface area contributed by atoms with Crippen LogP contribution < -0.4 is 5.73 Å². The maximum Gasteiger partial charge on any atom is 0.300 e. The van der Waals surface area contributed by atoms with Gasteiger partial charge in [-0.2, -0.15) is 0 Å². The normalized spacial score (nSPS) is 6.11. The predicted molar refractivity (Wildman–Crippen MR) is 32.7 cm³/mol. The van der Waals surface area contributed by atoms with Crippen LogP contribution in [0.15, 0.2) is 0 Å². The fourth-order valence-corrected chi connectivity index (χ4v) is 0. The molecule has 0 aliphatic carbocycles. The topological polar surface area (TPSA) is 63.3 Å². The van der Waals surface area contributed by atoms with Crippen LogP contribution >= 0.6 is 0 Å². The van der Waals surface area contributed by atoms with Crippen molar-refractivity contribution in [1.29, 1.82) is 0 Å². The van der Waals surface area contributed by atoms with E-state index in [2.05, 4.69) is 6.92 Å². The Morgan fingerprint density at radius 3 is 1.78 bits per heavy atom. The summed E-state index contributed by atoms with van der Waals surface area (Å²) in [6, 6.07) is 0. The summed E-state index contributed by atoms with van der Waals surface area (Å²) in [5.41, 5.74) is 5.03. The Balaban J connectivity index is -0.0000000720. The molecule has 0 aliphatic rings. The van der Waals surface area contributed by atoms with Gasteiger partial charge in [-0.25, -0.2) is 0 Å². The number of rotatable bonds is 1. The molecule has 0 aromatic heterocycles. The Bertz CT molecular complexity index is 52.9. The Morgan fingerprint density at radius 2 is 1.78 bits per heavy atom. The van der Waals surface area contributed by atoms with E-state index in [1.54, 1.807) is 0 Å². The minimum atomic E-state index is -0.833. The fraction of sp³-hybridized carbons (Fsp3) is 0.800. The van der Waals surface area contributed by atoms with Crippen LogP contribution in [0.3, 0.4) is 0 Å². The molecule has 0 amide bonds. The Hall–Kier alpha value is -0.0505. The summed E-state index contributed by atoms with van der Waals surface area (Å²) in [5, 5.41) is 7.42. The molecule has 0 heterocycles. The first-order chi connectivity index (χ1) is 3.65. The number of hydrogen-bond donors (Lipinski definition) is 2. The molecule has 0 rings (SSSR count). The monoisotopic (exact) mass is 182 g/mol. The molecule has 3 nitrogen and oxygen atoms in total. The predicted octanol–water partition coefficient (Wildman–Crippen LogP) is 0.444. The van der Waals surface area contributed by atoms with E-state index in [1.807, 2.05) is 0 Å². The van der Waals surface area contributed by atoms with E-state index >= 15 is 0 Å². The summed E-state index contributed by atoms with van der Waals surface area (Å²) in [6.07, 6.45) is 1.10. The molecule has 0 aromatic rings. The summed E-state index contributed by atoms with van der Waals surface area (Å²) in [4.78, 5) is 9.00. The molecule has 3 N–H and O–H groups in total. The van der Waals surface area contributed by atoms with Gasteiger partial charge < -0.3 is 10.8 Å². The molecule has 0 fully saturated rings. The molecule has 61 valence electrons. The standard InChI is InChI=1S/C3H9N.C2H4O2.Cu/c1-2-3-4;1-2(3)4;/h2-4H2,1H3;1H3,(H,3,4);. The summed E-state index contributed by atoms with van der Waals surface area (Å²) in [7, 11) is 0. The van der Waals surface area contributed by atoms with Crippen molar-refractivity contribution in [3.63, 3.8) is 0 Å². The first kappa shape index (κ1) is 16.0. The van der Waals surface area contributed by atoms with Crippen molar-refractivity contribution in [3.8, 4) is 0 Å². The van der Waals surface area contributed by atoms with Crippen LogP contribution in [-0.4, -0.2) is 17.6 Å². The number of hydrogen-bond acceptors (Lipinski definition) is 2. The number of carboxylic acids is 1. The molecule has 0 bridgehead atoms. The summed E-state index contributed by atoms with van der Waals surface area (Å²) in [5.74, 6) is -0.833. The average molecular weight is 183 g/mol. The van der Waals surface area contributed by atoms with Gasteiger partial charge in [-0.1, -0.05) is 6.92 Å². The zero-order chi connectivity index (χ0) is 6.99. The number of carbonyl (C=O) groups is 1. The number of carboxylic acid groups (broad SMARTS) is 1. The van der Waals surface area contributed by atoms with E-state index in [9.17, 15) is 0 Å². The van der Waals surface area contributed by atoms with Gasteiger partial charge in [0, 0.05) is 24.0 Å². The molecule has 9 heavy (non-hydrogen) atoms. The van der Waals surface area contributed by atoms with Crippen LogP contribution in [0.25, 0.3) is 0 Å². The second kappa shape index (κ2) is 15.7. The van der Waals surface area contributed by atoms with E-state index < -0.39 is 5.97 Å². The summed E-state index contributed by atoms with van der Waals surface area (Å²) >= 11 is 0.